The quantitative estimate of drug-likeness (QED) is 0.540. The summed E-state index contributed by atoms with van der Waals surface area (Å²) in [7, 11) is -0.127. The van der Waals surface area contributed by atoms with Gasteiger partial charge in [-0.2, -0.15) is 0 Å². The van der Waals surface area contributed by atoms with Crippen molar-refractivity contribution in [3.05, 3.63) is 94.8 Å². The van der Waals surface area contributed by atoms with E-state index in [1.165, 1.54) is 36.4 Å². The molecule has 0 saturated heterocycles. The molecule has 0 aliphatic rings. The molecule has 168 valence electrons. The van der Waals surface area contributed by atoms with Crippen molar-refractivity contribution in [1.29, 1.82) is 0 Å². The number of rotatable bonds is 8. The monoisotopic (exact) mass is 455 g/mol. The van der Waals surface area contributed by atoms with Crippen LogP contribution in [-0.2, 0) is 23.1 Å². The SMILES string of the molecule is Cc1ccc(S(=O)(=O)Nc2ccccc2F)cc1C(=O)NCc1ccccc1CN(C)C. The van der Waals surface area contributed by atoms with E-state index >= 15 is 0 Å². The van der Waals surface area contributed by atoms with Gasteiger partial charge >= 0.3 is 0 Å². The molecule has 8 heteroatoms. The maximum atomic E-state index is 13.9. The summed E-state index contributed by atoms with van der Waals surface area (Å²) in [6.45, 7) is 2.78. The number of hydrogen-bond donors (Lipinski definition) is 2. The summed E-state index contributed by atoms with van der Waals surface area (Å²) in [4.78, 5) is 14.8. The Bertz CT molecular complexity index is 1230. The highest BCUT2D eigenvalue weighted by Gasteiger charge is 2.19. The minimum Gasteiger partial charge on any atom is -0.348 e. The van der Waals surface area contributed by atoms with Gasteiger partial charge in [0.1, 0.15) is 5.82 Å². The number of benzene rings is 3. The molecular weight excluding hydrogens is 429 g/mol. The van der Waals surface area contributed by atoms with Crippen LogP contribution in [0.1, 0.15) is 27.0 Å². The van der Waals surface area contributed by atoms with Crippen LogP contribution >= 0.6 is 0 Å². The molecule has 0 heterocycles. The largest absolute Gasteiger partial charge is 0.348 e. The van der Waals surface area contributed by atoms with Gasteiger partial charge in [0.25, 0.3) is 15.9 Å². The van der Waals surface area contributed by atoms with Gasteiger partial charge in [-0.15, -0.1) is 0 Å². The summed E-state index contributed by atoms with van der Waals surface area (Å²) in [6.07, 6.45) is 0. The summed E-state index contributed by atoms with van der Waals surface area (Å²) in [5.41, 5.74) is 2.80. The Balaban J connectivity index is 1.80. The molecule has 0 saturated carbocycles. The molecule has 0 aliphatic carbocycles. The predicted octanol–water partition coefficient (Wildman–Crippen LogP) is 3.93. The molecule has 2 N–H and O–H groups in total. The third-order valence-electron chi connectivity index (χ3n) is 4.93. The van der Waals surface area contributed by atoms with Crippen molar-refractivity contribution in [3.8, 4) is 0 Å². The van der Waals surface area contributed by atoms with Crippen molar-refractivity contribution in [2.75, 3.05) is 18.8 Å². The molecule has 1 amide bonds. The number of carbonyl (C=O) groups is 1. The van der Waals surface area contributed by atoms with Crippen LogP contribution in [0.5, 0.6) is 0 Å². The third-order valence-corrected chi connectivity index (χ3v) is 6.29. The zero-order valence-electron chi connectivity index (χ0n) is 18.2. The molecule has 0 radical (unpaired) electrons. The van der Waals surface area contributed by atoms with Gasteiger partial charge in [-0.1, -0.05) is 42.5 Å². The Labute approximate surface area is 188 Å². The van der Waals surface area contributed by atoms with E-state index in [1.54, 1.807) is 13.0 Å². The van der Waals surface area contributed by atoms with Gasteiger partial charge in [-0.05, 0) is 62.0 Å². The van der Waals surface area contributed by atoms with E-state index in [0.717, 1.165) is 17.7 Å². The van der Waals surface area contributed by atoms with Crippen molar-refractivity contribution in [1.82, 2.24) is 10.2 Å². The fourth-order valence-electron chi connectivity index (χ4n) is 3.26. The zero-order valence-corrected chi connectivity index (χ0v) is 19.0. The number of nitrogens with zero attached hydrogens (tertiary/aromatic N) is 1. The Kier molecular flexibility index (Phi) is 7.27. The third kappa shape index (κ3) is 5.72. The lowest BCUT2D eigenvalue weighted by molar-refractivity contribution is 0.0950. The lowest BCUT2D eigenvalue weighted by Crippen LogP contribution is -2.25. The van der Waals surface area contributed by atoms with E-state index in [0.29, 0.717) is 12.1 Å². The number of nitrogens with one attached hydrogen (secondary N) is 2. The highest BCUT2D eigenvalue weighted by molar-refractivity contribution is 7.92. The number of anilines is 1. The summed E-state index contributed by atoms with van der Waals surface area (Å²) >= 11 is 0. The van der Waals surface area contributed by atoms with Crippen LogP contribution in [0.25, 0.3) is 0 Å². The van der Waals surface area contributed by atoms with Crippen LogP contribution in [0.15, 0.2) is 71.6 Å². The van der Waals surface area contributed by atoms with Gasteiger partial charge in [-0.25, -0.2) is 12.8 Å². The van der Waals surface area contributed by atoms with Crippen LogP contribution in [-0.4, -0.2) is 33.3 Å². The first-order chi connectivity index (χ1) is 15.2. The van der Waals surface area contributed by atoms with Gasteiger partial charge in [0, 0.05) is 18.7 Å². The van der Waals surface area contributed by atoms with Crippen LogP contribution in [0.4, 0.5) is 10.1 Å². The fraction of sp³-hybridized carbons (Fsp3) is 0.208. The maximum absolute atomic E-state index is 13.9. The molecule has 3 aromatic carbocycles. The molecular formula is C24H26FN3O3S. The molecule has 3 rings (SSSR count). The van der Waals surface area contributed by atoms with E-state index in [2.05, 4.69) is 10.0 Å². The van der Waals surface area contributed by atoms with Crippen molar-refractivity contribution in [2.24, 2.45) is 0 Å². The van der Waals surface area contributed by atoms with Gasteiger partial charge < -0.3 is 10.2 Å². The Morgan fingerprint density at radius 2 is 1.62 bits per heavy atom. The van der Waals surface area contributed by atoms with Crippen molar-refractivity contribution < 1.29 is 17.6 Å². The van der Waals surface area contributed by atoms with E-state index in [1.807, 2.05) is 43.3 Å². The molecule has 0 atom stereocenters. The summed E-state index contributed by atoms with van der Waals surface area (Å²) < 4.78 is 41.6. The number of carbonyl (C=O) groups excluding carboxylic acids is 1. The number of amides is 1. The molecule has 3 aromatic rings. The Morgan fingerprint density at radius 3 is 2.31 bits per heavy atom. The number of hydrogen-bond acceptors (Lipinski definition) is 4. The summed E-state index contributed by atoms with van der Waals surface area (Å²) in [5, 5.41) is 2.87. The fourth-order valence-corrected chi connectivity index (χ4v) is 4.35. The van der Waals surface area contributed by atoms with Crippen molar-refractivity contribution in [3.63, 3.8) is 0 Å². The highest BCUT2D eigenvalue weighted by Crippen LogP contribution is 2.21. The van der Waals surface area contributed by atoms with Gasteiger partial charge in [0.15, 0.2) is 0 Å². The van der Waals surface area contributed by atoms with E-state index in [4.69, 9.17) is 0 Å². The number of halogens is 1. The minimum absolute atomic E-state index is 0.121. The molecule has 0 aliphatic heterocycles. The predicted molar refractivity (Wildman–Crippen MR) is 123 cm³/mol. The van der Waals surface area contributed by atoms with Crippen LogP contribution in [0.2, 0.25) is 0 Å². The lowest BCUT2D eigenvalue weighted by atomic mass is 10.1. The van der Waals surface area contributed by atoms with Crippen molar-refractivity contribution in [2.45, 2.75) is 24.9 Å². The lowest BCUT2D eigenvalue weighted by Gasteiger charge is -2.15. The van der Waals surface area contributed by atoms with Crippen molar-refractivity contribution >= 4 is 21.6 Å². The molecule has 0 fully saturated rings. The summed E-state index contributed by atoms with van der Waals surface area (Å²) in [5.74, 6) is -1.07. The maximum Gasteiger partial charge on any atom is 0.262 e. The Hall–Kier alpha value is -3.23. The first-order valence-corrected chi connectivity index (χ1v) is 11.5. The molecule has 0 unspecified atom stereocenters. The van der Waals surface area contributed by atoms with Gasteiger partial charge in [0.2, 0.25) is 0 Å². The number of para-hydroxylation sites is 1. The molecule has 6 nitrogen and oxygen atoms in total. The second-order valence-electron chi connectivity index (χ2n) is 7.75. The standard InChI is InChI=1S/C24H26FN3O3S/c1-17-12-13-20(32(30,31)27-23-11-7-6-10-22(23)25)14-21(17)24(29)26-15-18-8-4-5-9-19(18)16-28(2)3/h4-14,27H,15-16H2,1-3H3,(H,26,29). The number of aryl methyl sites for hydroxylation is 1. The van der Waals surface area contributed by atoms with Crippen LogP contribution < -0.4 is 10.0 Å². The molecule has 0 bridgehead atoms. The second kappa shape index (κ2) is 9.93. The van der Waals surface area contributed by atoms with Crippen LogP contribution in [0.3, 0.4) is 0 Å². The van der Waals surface area contributed by atoms with Gasteiger partial charge in [0.05, 0.1) is 10.6 Å². The van der Waals surface area contributed by atoms with E-state index in [-0.39, 0.29) is 22.1 Å². The highest BCUT2D eigenvalue weighted by atomic mass is 32.2. The first kappa shape index (κ1) is 23.4. The number of sulfonamides is 1. The van der Waals surface area contributed by atoms with Gasteiger partial charge in [-0.3, -0.25) is 9.52 Å². The molecule has 32 heavy (non-hydrogen) atoms. The molecule has 0 aromatic heterocycles. The average molecular weight is 456 g/mol. The average Bonchev–Trinajstić information content (AvgIpc) is 2.74. The normalized spacial score (nSPS) is 11.4. The topological polar surface area (TPSA) is 78.5 Å². The van der Waals surface area contributed by atoms with E-state index < -0.39 is 15.8 Å². The summed E-state index contributed by atoms with van der Waals surface area (Å²) in [6, 6.07) is 17.6. The Morgan fingerprint density at radius 1 is 0.969 bits per heavy atom. The zero-order chi connectivity index (χ0) is 23.3. The first-order valence-electron chi connectivity index (χ1n) is 10.0. The van der Waals surface area contributed by atoms with Crippen LogP contribution in [0, 0.1) is 12.7 Å². The molecule has 0 spiro atoms. The minimum atomic E-state index is -4.07. The smallest absolute Gasteiger partial charge is 0.262 e. The van der Waals surface area contributed by atoms with E-state index in [9.17, 15) is 17.6 Å². The second-order valence-corrected chi connectivity index (χ2v) is 9.43.